The minimum Gasteiger partial charge on any atom is -0.488 e. The summed E-state index contributed by atoms with van der Waals surface area (Å²) in [6.45, 7) is 0. The van der Waals surface area contributed by atoms with Crippen molar-refractivity contribution in [1.29, 1.82) is 0 Å². The first kappa shape index (κ1) is 12.7. The maximum Gasteiger partial charge on any atom is 0.123 e. The molecule has 2 nitrogen and oxygen atoms in total. The molecule has 0 bridgehead atoms. The summed E-state index contributed by atoms with van der Waals surface area (Å²) in [6.07, 6.45) is 11.1. The van der Waals surface area contributed by atoms with Crippen LogP contribution in [0.2, 0.25) is 0 Å². The van der Waals surface area contributed by atoms with E-state index < -0.39 is 0 Å². The third-order valence-corrected chi connectivity index (χ3v) is 4.33. The molecule has 2 N–H and O–H groups in total. The van der Waals surface area contributed by atoms with Gasteiger partial charge in [0.05, 0.1) is 6.04 Å². The summed E-state index contributed by atoms with van der Waals surface area (Å²) in [4.78, 5) is 0. The van der Waals surface area contributed by atoms with Crippen LogP contribution in [0.25, 0.3) is 0 Å². The van der Waals surface area contributed by atoms with E-state index in [1.54, 1.807) is 0 Å². The molecule has 19 heavy (non-hydrogen) atoms. The van der Waals surface area contributed by atoms with Crippen LogP contribution in [0.5, 0.6) is 5.75 Å². The number of rotatable bonds is 2. The second kappa shape index (κ2) is 5.79. The van der Waals surface area contributed by atoms with Crippen molar-refractivity contribution < 1.29 is 4.74 Å². The molecular weight excluding hydrogens is 234 g/mol. The van der Waals surface area contributed by atoms with Crippen LogP contribution in [0.1, 0.15) is 44.1 Å². The Morgan fingerprint density at radius 3 is 2.84 bits per heavy atom. The average molecular weight is 257 g/mol. The van der Waals surface area contributed by atoms with Crippen LogP contribution in [0.4, 0.5) is 0 Å². The predicted octanol–water partition coefficient (Wildman–Crippen LogP) is 3.60. The van der Waals surface area contributed by atoms with Crippen LogP contribution in [-0.2, 0) is 6.42 Å². The third-order valence-electron chi connectivity index (χ3n) is 4.33. The number of fused-ring (bicyclic) bond motifs is 1. The first-order valence-electron chi connectivity index (χ1n) is 7.53. The first-order chi connectivity index (χ1) is 9.34. The second-order valence-electron chi connectivity index (χ2n) is 5.73. The molecule has 0 saturated heterocycles. The Hall–Kier alpha value is -1.28. The summed E-state index contributed by atoms with van der Waals surface area (Å²) in [7, 11) is 0. The van der Waals surface area contributed by atoms with Crippen LogP contribution >= 0.6 is 0 Å². The summed E-state index contributed by atoms with van der Waals surface area (Å²) < 4.78 is 6.03. The van der Waals surface area contributed by atoms with Crippen LogP contribution in [0.15, 0.2) is 35.9 Å². The van der Waals surface area contributed by atoms with Crippen molar-refractivity contribution in [2.75, 3.05) is 0 Å². The van der Waals surface area contributed by atoms with Crippen molar-refractivity contribution in [2.45, 2.75) is 57.1 Å². The minimum absolute atomic E-state index is 0.0606. The lowest BCUT2D eigenvalue weighted by molar-refractivity contribution is 0.210. The topological polar surface area (TPSA) is 35.2 Å². The highest BCUT2D eigenvalue weighted by atomic mass is 16.5. The normalized spacial score (nSPS) is 27.4. The van der Waals surface area contributed by atoms with Gasteiger partial charge in [-0.25, -0.2) is 0 Å². The molecule has 2 aliphatic rings. The Balaban J connectivity index is 1.70. The van der Waals surface area contributed by atoms with E-state index in [1.165, 1.54) is 43.2 Å². The lowest BCUT2D eigenvalue weighted by atomic mass is 9.91. The van der Waals surface area contributed by atoms with Gasteiger partial charge >= 0.3 is 0 Å². The fraction of sp³-hybridized carbons (Fsp3) is 0.529. The Labute approximate surface area is 115 Å². The molecule has 0 saturated carbocycles. The number of benzene rings is 1. The summed E-state index contributed by atoms with van der Waals surface area (Å²) in [5, 5.41) is 0. The molecule has 102 valence electrons. The van der Waals surface area contributed by atoms with Crippen molar-refractivity contribution in [1.82, 2.24) is 0 Å². The third kappa shape index (κ3) is 2.84. The fourth-order valence-electron chi connectivity index (χ4n) is 3.17. The first-order valence-corrected chi connectivity index (χ1v) is 7.53. The SMILES string of the molecule is NC(/C1=C/CCCCCC1)C1Cc2ccccc2O1. The molecule has 2 atom stereocenters. The van der Waals surface area contributed by atoms with Crippen molar-refractivity contribution >= 4 is 0 Å². The Kier molecular flexibility index (Phi) is 3.88. The molecule has 0 amide bonds. The number of allylic oxidation sites excluding steroid dienone is 1. The predicted molar refractivity (Wildman–Crippen MR) is 78.3 cm³/mol. The molecule has 0 aromatic heterocycles. The minimum atomic E-state index is 0.0606. The largest absolute Gasteiger partial charge is 0.488 e. The van der Waals surface area contributed by atoms with Crippen LogP contribution in [-0.4, -0.2) is 12.1 Å². The molecule has 1 aromatic rings. The summed E-state index contributed by atoms with van der Waals surface area (Å²) in [6, 6.07) is 8.36. The van der Waals surface area contributed by atoms with E-state index in [-0.39, 0.29) is 12.1 Å². The van der Waals surface area contributed by atoms with Crippen molar-refractivity contribution in [2.24, 2.45) is 5.73 Å². The number of hydrogen-bond donors (Lipinski definition) is 1. The van der Waals surface area contributed by atoms with Crippen molar-refractivity contribution in [3.05, 3.63) is 41.5 Å². The Morgan fingerprint density at radius 1 is 1.11 bits per heavy atom. The summed E-state index contributed by atoms with van der Waals surface area (Å²) in [5.41, 5.74) is 9.18. The van der Waals surface area contributed by atoms with Gasteiger partial charge in [-0.3, -0.25) is 0 Å². The van der Waals surface area contributed by atoms with Gasteiger partial charge in [-0.05, 0) is 37.3 Å². The van der Waals surface area contributed by atoms with E-state index >= 15 is 0 Å². The standard InChI is InChI=1S/C17H23NO/c18-17(13-8-4-2-1-3-5-9-13)16-12-14-10-6-7-11-15(14)19-16/h6-8,10-11,16-17H,1-5,9,12,18H2/b13-8+. The number of para-hydroxylation sites is 1. The van der Waals surface area contributed by atoms with Gasteiger partial charge in [0.25, 0.3) is 0 Å². The summed E-state index contributed by atoms with van der Waals surface area (Å²) >= 11 is 0. The number of hydrogen-bond acceptors (Lipinski definition) is 2. The zero-order chi connectivity index (χ0) is 13.1. The van der Waals surface area contributed by atoms with Gasteiger partial charge < -0.3 is 10.5 Å². The monoisotopic (exact) mass is 257 g/mol. The average Bonchev–Trinajstić information content (AvgIpc) is 2.81. The van der Waals surface area contributed by atoms with Gasteiger partial charge in [0.2, 0.25) is 0 Å². The molecule has 3 rings (SSSR count). The lowest BCUT2D eigenvalue weighted by Gasteiger charge is -2.23. The maximum atomic E-state index is 6.46. The van der Waals surface area contributed by atoms with E-state index in [4.69, 9.17) is 10.5 Å². The van der Waals surface area contributed by atoms with Crippen LogP contribution in [0, 0.1) is 0 Å². The summed E-state index contributed by atoms with van der Waals surface area (Å²) in [5.74, 6) is 1.02. The zero-order valence-electron chi connectivity index (χ0n) is 11.5. The molecule has 0 fully saturated rings. The molecule has 1 heterocycles. The molecule has 1 aliphatic carbocycles. The van der Waals surface area contributed by atoms with Gasteiger partial charge in [0, 0.05) is 6.42 Å². The molecule has 1 aliphatic heterocycles. The highest BCUT2D eigenvalue weighted by Gasteiger charge is 2.29. The van der Waals surface area contributed by atoms with E-state index in [2.05, 4.69) is 24.3 Å². The Morgan fingerprint density at radius 2 is 1.95 bits per heavy atom. The molecule has 0 radical (unpaired) electrons. The van der Waals surface area contributed by atoms with Gasteiger partial charge in [-0.15, -0.1) is 0 Å². The quantitative estimate of drug-likeness (QED) is 0.822. The number of nitrogens with two attached hydrogens (primary N) is 1. The maximum absolute atomic E-state index is 6.46. The van der Waals surface area contributed by atoms with Gasteiger partial charge in [0.15, 0.2) is 0 Å². The van der Waals surface area contributed by atoms with Gasteiger partial charge in [-0.1, -0.05) is 42.7 Å². The molecule has 1 aromatic carbocycles. The smallest absolute Gasteiger partial charge is 0.123 e. The molecule has 2 heteroatoms. The van der Waals surface area contributed by atoms with Gasteiger partial charge in [-0.2, -0.15) is 0 Å². The fourth-order valence-corrected chi connectivity index (χ4v) is 3.17. The molecular formula is C17H23NO. The van der Waals surface area contributed by atoms with Gasteiger partial charge in [0.1, 0.15) is 11.9 Å². The molecule has 2 unspecified atom stereocenters. The van der Waals surface area contributed by atoms with Crippen LogP contribution < -0.4 is 10.5 Å². The lowest BCUT2D eigenvalue weighted by Crippen LogP contribution is -2.39. The molecule has 0 spiro atoms. The van der Waals surface area contributed by atoms with E-state index in [1.807, 2.05) is 6.07 Å². The zero-order valence-corrected chi connectivity index (χ0v) is 11.5. The van der Waals surface area contributed by atoms with E-state index in [0.717, 1.165) is 18.6 Å². The highest BCUT2D eigenvalue weighted by molar-refractivity contribution is 5.38. The van der Waals surface area contributed by atoms with Crippen molar-refractivity contribution in [3.63, 3.8) is 0 Å². The number of ether oxygens (including phenoxy) is 1. The van der Waals surface area contributed by atoms with E-state index in [9.17, 15) is 0 Å². The second-order valence-corrected chi connectivity index (χ2v) is 5.73. The van der Waals surface area contributed by atoms with Crippen molar-refractivity contribution in [3.8, 4) is 5.75 Å². The van der Waals surface area contributed by atoms with Crippen LogP contribution in [0.3, 0.4) is 0 Å². The Bertz CT molecular complexity index is 441. The van der Waals surface area contributed by atoms with E-state index in [0.29, 0.717) is 0 Å². The highest BCUT2D eigenvalue weighted by Crippen LogP contribution is 2.31.